The molecule has 35 heavy (non-hydrogen) atoms. The van der Waals surface area contributed by atoms with Gasteiger partial charge in [0.2, 0.25) is 0 Å². The fourth-order valence-corrected chi connectivity index (χ4v) is 4.27. The molecule has 188 valence electrons. The summed E-state index contributed by atoms with van der Waals surface area (Å²) in [6.45, 7) is 5.97. The molecule has 3 amide bonds. The SMILES string of the molecule is CC1(C)NC(=O)N(CCOc2ccc(CN3CCC(O)(COc4ccccc4F)CC3)cc2)C1=O. The number of para-hydroxylation sites is 1. The first-order valence-electron chi connectivity index (χ1n) is 11.8. The molecule has 2 heterocycles. The number of nitrogens with one attached hydrogen (secondary N) is 1. The first-order valence-corrected chi connectivity index (χ1v) is 11.8. The fraction of sp³-hybridized carbons (Fsp3) is 0.462. The Kier molecular flexibility index (Phi) is 7.28. The Labute approximate surface area is 204 Å². The lowest BCUT2D eigenvalue weighted by molar-refractivity contribution is -0.130. The van der Waals surface area contributed by atoms with Crippen molar-refractivity contribution in [1.29, 1.82) is 0 Å². The number of imide groups is 1. The molecule has 0 spiro atoms. The van der Waals surface area contributed by atoms with Gasteiger partial charge in [0.05, 0.1) is 6.54 Å². The number of carbonyl (C=O) groups is 2. The summed E-state index contributed by atoms with van der Waals surface area (Å²) < 4.78 is 25.0. The van der Waals surface area contributed by atoms with Gasteiger partial charge in [0.1, 0.15) is 30.1 Å². The molecule has 4 rings (SSSR count). The van der Waals surface area contributed by atoms with E-state index in [1.165, 1.54) is 11.0 Å². The Morgan fingerprint density at radius 3 is 2.34 bits per heavy atom. The maximum atomic E-state index is 13.7. The van der Waals surface area contributed by atoms with Gasteiger partial charge in [0.25, 0.3) is 5.91 Å². The first-order chi connectivity index (χ1) is 16.7. The van der Waals surface area contributed by atoms with Crippen molar-refractivity contribution in [2.24, 2.45) is 0 Å². The number of nitrogens with zero attached hydrogens (tertiary/aromatic N) is 2. The van der Waals surface area contributed by atoms with Crippen molar-refractivity contribution in [2.75, 3.05) is 32.8 Å². The van der Waals surface area contributed by atoms with Gasteiger partial charge in [-0.2, -0.15) is 0 Å². The third kappa shape index (κ3) is 6.10. The molecule has 0 saturated carbocycles. The number of likely N-dealkylation sites (tertiary alicyclic amines) is 1. The number of rotatable bonds is 9. The quantitative estimate of drug-likeness (QED) is 0.531. The summed E-state index contributed by atoms with van der Waals surface area (Å²) in [5, 5.41) is 13.5. The molecular formula is C26H32FN3O5. The van der Waals surface area contributed by atoms with Crippen LogP contribution in [0.1, 0.15) is 32.3 Å². The molecule has 2 aromatic carbocycles. The molecule has 2 saturated heterocycles. The molecule has 2 aliphatic heterocycles. The molecule has 0 aromatic heterocycles. The Morgan fingerprint density at radius 2 is 1.71 bits per heavy atom. The highest BCUT2D eigenvalue weighted by Crippen LogP contribution is 2.26. The van der Waals surface area contributed by atoms with Crippen LogP contribution in [0.3, 0.4) is 0 Å². The molecule has 2 fully saturated rings. The third-order valence-corrected chi connectivity index (χ3v) is 6.48. The van der Waals surface area contributed by atoms with Gasteiger partial charge in [0.15, 0.2) is 11.6 Å². The van der Waals surface area contributed by atoms with Crippen molar-refractivity contribution >= 4 is 11.9 Å². The summed E-state index contributed by atoms with van der Waals surface area (Å²) in [6, 6.07) is 13.5. The first kappa shape index (κ1) is 24.9. The second-order valence-corrected chi connectivity index (χ2v) is 9.72. The monoisotopic (exact) mass is 485 g/mol. The smallest absolute Gasteiger partial charge is 0.325 e. The van der Waals surface area contributed by atoms with Crippen LogP contribution in [-0.2, 0) is 11.3 Å². The number of carbonyl (C=O) groups excluding carboxylic acids is 2. The van der Waals surface area contributed by atoms with Crippen LogP contribution >= 0.6 is 0 Å². The predicted molar refractivity (Wildman–Crippen MR) is 128 cm³/mol. The highest BCUT2D eigenvalue weighted by atomic mass is 19.1. The van der Waals surface area contributed by atoms with E-state index in [4.69, 9.17) is 9.47 Å². The van der Waals surface area contributed by atoms with Crippen molar-refractivity contribution in [1.82, 2.24) is 15.1 Å². The Morgan fingerprint density at radius 1 is 1.03 bits per heavy atom. The van der Waals surface area contributed by atoms with Crippen molar-refractivity contribution < 1.29 is 28.6 Å². The van der Waals surface area contributed by atoms with Crippen LogP contribution in [-0.4, -0.2) is 70.8 Å². The van der Waals surface area contributed by atoms with Crippen molar-refractivity contribution in [2.45, 2.75) is 44.4 Å². The van der Waals surface area contributed by atoms with Gasteiger partial charge in [-0.25, -0.2) is 9.18 Å². The summed E-state index contributed by atoms with van der Waals surface area (Å²) in [6.07, 6.45) is 1.09. The summed E-state index contributed by atoms with van der Waals surface area (Å²) in [7, 11) is 0. The summed E-state index contributed by atoms with van der Waals surface area (Å²) in [5.41, 5.74) is -0.740. The molecule has 9 heteroatoms. The van der Waals surface area contributed by atoms with Crippen LogP contribution in [0.25, 0.3) is 0 Å². The van der Waals surface area contributed by atoms with Gasteiger partial charge < -0.3 is 19.9 Å². The maximum absolute atomic E-state index is 13.7. The maximum Gasteiger partial charge on any atom is 0.325 e. The van der Waals surface area contributed by atoms with Crippen LogP contribution in [0.4, 0.5) is 9.18 Å². The molecule has 2 aliphatic rings. The van der Waals surface area contributed by atoms with Gasteiger partial charge >= 0.3 is 6.03 Å². The minimum absolute atomic E-state index is 0.0655. The topological polar surface area (TPSA) is 91.3 Å². The summed E-state index contributed by atoms with van der Waals surface area (Å²) in [5.74, 6) is 0.136. The molecule has 0 bridgehead atoms. The van der Waals surface area contributed by atoms with Crippen molar-refractivity contribution in [3.05, 3.63) is 59.9 Å². The number of ether oxygens (including phenoxy) is 2. The van der Waals surface area contributed by atoms with Crippen molar-refractivity contribution in [3.8, 4) is 11.5 Å². The normalized spacial score (nSPS) is 19.5. The van der Waals surface area contributed by atoms with Gasteiger partial charge in [-0.05, 0) is 56.5 Å². The van der Waals surface area contributed by atoms with Gasteiger partial charge in [-0.3, -0.25) is 14.6 Å². The predicted octanol–water partition coefficient (Wildman–Crippen LogP) is 2.94. The number of hydrogen-bond acceptors (Lipinski definition) is 6. The number of hydrogen-bond donors (Lipinski definition) is 2. The second kappa shape index (κ2) is 10.2. The number of halogens is 1. The van der Waals surface area contributed by atoms with Crippen molar-refractivity contribution in [3.63, 3.8) is 0 Å². The number of benzene rings is 2. The van der Waals surface area contributed by atoms with Crippen LogP contribution in [0.5, 0.6) is 11.5 Å². The number of piperidine rings is 1. The Hall–Kier alpha value is -3.17. The van der Waals surface area contributed by atoms with Gasteiger partial charge in [0, 0.05) is 19.6 Å². The van der Waals surface area contributed by atoms with E-state index in [0.29, 0.717) is 31.7 Å². The highest BCUT2D eigenvalue weighted by molar-refractivity contribution is 6.06. The van der Waals surface area contributed by atoms with E-state index in [2.05, 4.69) is 10.2 Å². The molecule has 2 N–H and O–H groups in total. The molecule has 0 aliphatic carbocycles. The minimum atomic E-state index is -0.973. The Bertz CT molecular complexity index is 1050. The van der Waals surface area contributed by atoms with Gasteiger partial charge in [-0.1, -0.05) is 24.3 Å². The largest absolute Gasteiger partial charge is 0.492 e. The average Bonchev–Trinajstić information content (AvgIpc) is 3.02. The number of urea groups is 1. The molecule has 8 nitrogen and oxygen atoms in total. The summed E-state index contributed by atoms with van der Waals surface area (Å²) >= 11 is 0. The highest BCUT2D eigenvalue weighted by Gasteiger charge is 2.43. The fourth-order valence-electron chi connectivity index (χ4n) is 4.27. The standard InChI is InChI=1S/C26H32FN3O5/c1-25(2)23(31)30(24(32)28-25)15-16-34-20-9-7-19(8-10-20)17-29-13-11-26(33,12-14-29)18-35-22-6-4-3-5-21(22)27/h3-10,33H,11-18H2,1-2H3,(H,28,32). The molecule has 2 aromatic rings. The van der Waals surface area contributed by atoms with Crippen LogP contribution in [0.15, 0.2) is 48.5 Å². The molecule has 0 radical (unpaired) electrons. The zero-order valence-corrected chi connectivity index (χ0v) is 20.1. The van der Waals surface area contributed by atoms with E-state index in [1.807, 2.05) is 24.3 Å². The van der Waals surface area contributed by atoms with E-state index in [9.17, 15) is 19.1 Å². The second-order valence-electron chi connectivity index (χ2n) is 9.72. The van der Waals surface area contributed by atoms with E-state index in [-0.39, 0.29) is 31.4 Å². The lowest BCUT2D eigenvalue weighted by Gasteiger charge is -2.38. The van der Waals surface area contributed by atoms with E-state index >= 15 is 0 Å². The third-order valence-electron chi connectivity index (χ3n) is 6.48. The molecule has 0 unspecified atom stereocenters. The lowest BCUT2D eigenvalue weighted by Crippen LogP contribution is -2.47. The van der Waals surface area contributed by atoms with Crippen LogP contribution < -0.4 is 14.8 Å². The van der Waals surface area contributed by atoms with E-state index < -0.39 is 23.0 Å². The number of aliphatic hydroxyl groups is 1. The zero-order valence-electron chi connectivity index (χ0n) is 20.1. The minimum Gasteiger partial charge on any atom is -0.492 e. The van der Waals surface area contributed by atoms with Crippen LogP contribution in [0, 0.1) is 5.82 Å². The van der Waals surface area contributed by atoms with E-state index in [0.717, 1.165) is 12.1 Å². The Balaban J connectivity index is 1.19. The van der Waals surface area contributed by atoms with E-state index in [1.54, 1.807) is 32.0 Å². The number of amides is 3. The zero-order chi connectivity index (χ0) is 25.1. The summed E-state index contributed by atoms with van der Waals surface area (Å²) in [4.78, 5) is 27.6. The average molecular weight is 486 g/mol. The van der Waals surface area contributed by atoms with Crippen LogP contribution in [0.2, 0.25) is 0 Å². The lowest BCUT2D eigenvalue weighted by atomic mass is 9.92. The molecular weight excluding hydrogens is 453 g/mol. The van der Waals surface area contributed by atoms with Gasteiger partial charge in [-0.15, -0.1) is 0 Å². The molecule has 0 atom stereocenters.